The second kappa shape index (κ2) is 7.15. The van der Waals surface area contributed by atoms with Gasteiger partial charge in [0.2, 0.25) is 0 Å². The van der Waals surface area contributed by atoms with Crippen LogP contribution in [0.2, 0.25) is 0 Å². The van der Waals surface area contributed by atoms with Crippen LogP contribution in [0.1, 0.15) is 19.5 Å². The molecule has 6 heteroatoms. The van der Waals surface area contributed by atoms with E-state index in [2.05, 4.69) is 56.2 Å². The van der Waals surface area contributed by atoms with E-state index in [1.54, 1.807) is 16.9 Å². The van der Waals surface area contributed by atoms with Crippen molar-refractivity contribution >= 4 is 22.4 Å². The lowest BCUT2D eigenvalue weighted by Gasteiger charge is -2.09. The fraction of sp³-hybridized carbons (Fsp3) is 0.136. The van der Waals surface area contributed by atoms with E-state index in [-0.39, 0.29) is 0 Å². The van der Waals surface area contributed by atoms with Crippen molar-refractivity contribution in [2.45, 2.75) is 20.8 Å². The van der Waals surface area contributed by atoms with Crippen molar-refractivity contribution in [3.8, 4) is 16.8 Å². The Morgan fingerprint density at radius 1 is 0.929 bits per heavy atom. The van der Waals surface area contributed by atoms with Crippen molar-refractivity contribution in [1.82, 2.24) is 24.1 Å². The first-order valence-electron chi connectivity index (χ1n) is 9.33. The summed E-state index contributed by atoms with van der Waals surface area (Å²) in [5.74, 6) is 0.585. The fourth-order valence-corrected chi connectivity index (χ4v) is 3.25. The van der Waals surface area contributed by atoms with Gasteiger partial charge in [0.1, 0.15) is 5.82 Å². The first-order chi connectivity index (χ1) is 13.7. The largest absolute Gasteiger partial charge is 0.383 e. The molecule has 4 heterocycles. The number of aromatic nitrogens is 5. The molecule has 6 nitrogen and oxygen atoms in total. The van der Waals surface area contributed by atoms with Crippen molar-refractivity contribution in [3.63, 3.8) is 0 Å². The Balaban J connectivity index is 0.000000932. The second-order valence-electron chi connectivity index (χ2n) is 6.28. The zero-order valence-electron chi connectivity index (χ0n) is 16.2. The van der Waals surface area contributed by atoms with Gasteiger partial charge in [-0.2, -0.15) is 9.61 Å². The summed E-state index contributed by atoms with van der Waals surface area (Å²) in [6.07, 6.45) is 7.44. The molecule has 5 rings (SSSR count). The number of aryl methyl sites for hydroxylation is 1. The maximum Gasteiger partial charge on any atom is 0.157 e. The van der Waals surface area contributed by atoms with Crippen LogP contribution in [0, 0.1) is 6.92 Å². The number of nitrogens with two attached hydrogens (primary N) is 1. The topological polar surface area (TPSA) is 74.0 Å². The van der Waals surface area contributed by atoms with Crippen LogP contribution >= 0.6 is 0 Å². The van der Waals surface area contributed by atoms with Gasteiger partial charge in [0.25, 0.3) is 0 Å². The summed E-state index contributed by atoms with van der Waals surface area (Å²) < 4.78 is 3.78. The number of pyridine rings is 1. The zero-order valence-corrected chi connectivity index (χ0v) is 16.2. The van der Waals surface area contributed by atoms with Crippen molar-refractivity contribution in [3.05, 3.63) is 72.9 Å². The van der Waals surface area contributed by atoms with E-state index < -0.39 is 0 Å². The normalized spacial score (nSPS) is 10.8. The smallest absolute Gasteiger partial charge is 0.157 e. The molecule has 0 radical (unpaired) electrons. The molecule has 2 N–H and O–H groups in total. The first-order valence-corrected chi connectivity index (χ1v) is 9.33. The number of hydrogen-bond donors (Lipinski definition) is 1. The number of hydrogen-bond acceptors (Lipinski definition) is 4. The molecule has 0 aliphatic carbocycles. The number of anilines is 1. The minimum atomic E-state index is 0.585. The molecular weight excluding hydrogens is 348 g/mol. The van der Waals surface area contributed by atoms with Gasteiger partial charge in [-0.05, 0) is 42.8 Å². The van der Waals surface area contributed by atoms with Crippen molar-refractivity contribution in [2.75, 3.05) is 5.73 Å². The highest BCUT2D eigenvalue weighted by Crippen LogP contribution is 2.30. The minimum absolute atomic E-state index is 0.585. The monoisotopic (exact) mass is 370 g/mol. The fourth-order valence-electron chi connectivity index (χ4n) is 3.25. The Morgan fingerprint density at radius 2 is 1.79 bits per heavy atom. The summed E-state index contributed by atoms with van der Waals surface area (Å²) in [7, 11) is 0. The number of benzene rings is 1. The molecule has 4 aromatic heterocycles. The molecule has 0 amide bonds. The van der Waals surface area contributed by atoms with Gasteiger partial charge in [-0.25, -0.2) is 4.98 Å². The van der Waals surface area contributed by atoms with Crippen LogP contribution in [-0.2, 0) is 0 Å². The van der Waals surface area contributed by atoms with Gasteiger partial charge in [0.05, 0.1) is 23.6 Å². The molecule has 0 bridgehead atoms. The second-order valence-corrected chi connectivity index (χ2v) is 6.28. The average Bonchev–Trinajstić information content (AvgIpc) is 3.37. The molecule has 0 unspecified atom stereocenters. The Kier molecular flexibility index (Phi) is 4.53. The van der Waals surface area contributed by atoms with E-state index in [0.717, 1.165) is 39.1 Å². The number of fused-ring (bicyclic) bond motifs is 2. The van der Waals surface area contributed by atoms with E-state index in [4.69, 9.17) is 5.73 Å². The van der Waals surface area contributed by atoms with Gasteiger partial charge in [-0.1, -0.05) is 19.9 Å². The van der Waals surface area contributed by atoms with Crippen LogP contribution in [0.5, 0.6) is 0 Å². The number of nitrogens with zero attached hydrogens (tertiary/aromatic N) is 5. The van der Waals surface area contributed by atoms with Crippen molar-refractivity contribution in [2.24, 2.45) is 0 Å². The van der Waals surface area contributed by atoms with Crippen molar-refractivity contribution in [1.29, 1.82) is 0 Å². The Morgan fingerprint density at radius 3 is 2.57 bits per heavy atom. The lowest BCUT2D eigenvalue weighted by Crippen LogP contribution is -2.02. The maximum absolute atomic E-state index is 6.30. The molecule has 0 saturated carbocycles. The summed E-state index contributed by atoms with van der Waals surface area (Å²) in [4.78, 5) is 8.81. The van der Waals surface area contributed by atoms with E-state index in [9.17, 15) is 0 Å². The van der Waals surface area contributed by atoms with Crippen molar-refractivity contribution < 1.29 is 0 Å². The molecule has 0 saturated heterocycles. The van der Waals surface area contributed by atoms with E-state index in [1.165, 1.54) is 0 Å². The molecular formula is C22H22N6. The molecule has 0 aliphatic heterocycles. The molecule has 1 aromatic carbocycles. The summed E-state index contributed by atoms with van der Waals surface area (Å²) in [6.45, 7) is 5.98. The standard InChI is InChI=1S/C20H16N6.C2H6/c1-13-2-4-16(11-22-13)25-9-7-15-10-14(3-5-18(15)25)17-12-23-19-6-8-24-26(19)20(17)21;1-2/h2-12H,21H2,1H3;1-2H3. The Hall–Kier alpha value is -3.67. The van der Waals surface area contributed by atoms with Crippen LogP contribution in [0.3, 0.4) is 0 Å². The molecule has 0 spiro atoms. The lowest BCUT2D eigenvalue weighted by atomic mass is 10.1. The molecule has 140 valence electrons. The average molecular weight is 370 g/mol. The van der Waals surface area contributed by atoms with Crippen LogP contribution in [0.15, 0.2) is 67.3 Å². The first kappa shape index (κ1) is 17.7. The predicted molar refractivity (Wildman–Crippen MR) is 114 cm³/mol. The third-order valence-corrected chi connectivity index (χ3v) is 4.63. The molecule has 28 heavy (non-hydrogen) atoms. The zero-order chi connectivity index (χ0) is 19.7. The van der Waals surface area contributed by atoms with Crippen LogP contribution in [0.25, 0.3) is 33.4 Å². The van der Waals surface area contributed by atoms with Crippen LogP contribution in [-0.4, -0.2) is 24.1 Å². The Bertz CT molecular complexity index is 1250. The summed E-state index contributed by atoms with van der Waals surface area (Å²) in [5, 5.41) is 5.36. The summed E-state index contributed by atoms with van der Waals surface area (Å²) in [6, 6.07) is 14.3. The van der Waals surface area contributed by atoms with Crippen LogP contribution in [0.4, 0.5) is 5.82 Å². The lowest BCUT2D eigenvalue weighted by molar-refractivity contribution is 0.954. The highest BCUT2D eigenvalue weighted by atomic mass is 15.3. The SMILES string of the molecule is CC.Cc1ccc(-n2ccc3cc(-c4cnc5ccnn5c4N)ccc32)cn1. The van der Waals surface area contributed by atoms with E-state index >= 15 is 0 Å². The molecule has 5 aromatic rings. The maximum atomic E-state index is 6.30. The van der Waals surface area contributed by atoms with Gasteiger partial charge in [-0.3, -0.25) is 4.98 Å². The van der Waals surface area contributed by atoms with Gasteiger partial charge < -0.3 is 10.3 Å². The van der Waals surface area contributed by atoms with Gasteiger partial charge >= 0.3 is 0 Å². The predicted octanol–water partition coefficient (Wildman–Crippen LogP) is 4.65. The number of nitrogen functional groups attached to an aromatic ring is 1. The number of rotatable bonds is 2. The molecule has 0 atom stereocenters. The summed E-state index contributed by atoms with van der Waals surface area (Å²) >= 11 is 0. The van der Waals surface area contributed by atoms with Crippen LogP contribution < -0.4 is 5.73 Å². The molecule has 0 aliphatic rings. The third-order valence-electron chi connectivity index (χ3n) is 4.63. The third kappa shape index (κ3) is 2.89. The van der Waals surface area contributed by atoms with Gasteiger partial charge in [0.15, 0.2) is 5.65 Å². The highest BCUT2D eigenvalue weighted by Gasteiger charge is 2.11. The van der Waals surface area contributed by atoms with E-state index in [1.807, 2.05) is 39.1 Å². The molecule has 0 fully saturated rings. The minimum Gasteiger partial charge on any atom is -0.383 e. The summed E-state index contributed by atoms with van der Waals surface area (Å²) in [5.41, 5.74) is 12.1. The van der Waals surface area contributed by atoms with Gasteiger partial charge in [-0.15, -0.1) is 0 Å². The van der Waals surface area contributed by atoms with Gasteiger partial charge in [0, 0.05) is 35.1 Å². The highest BCUT2D eigenvalue weighted by molar-refractivity contribution is 5.88. The Labute approximate surface area is 163 Å². The van der Waals surface area contributed by atoms with E-state index in [0.29, 0.717) is 5.82 Å². The quantitative estimate of drug-likeness (QED) is 0.491.